The van der Waals surface area contributed by atoms with E-state index in [1.165, 1.54) is 57.3 Å². The third-order valence-electron chi connectivity index (χ3n) is 4.72. The summed E-state index contributed by atoms with van der Waals surface area (Å²) in [6.07, 6.45) is 8.01. The van der Waals surface area contributed by atoms with Gasteiger partial charge in [-0.05, 0) is 58.0 Å². The lowest BCUT2D eigenvalue weighted by molar-refractivity contribution is 0.0710. The van der Waals surface area contributed by atoms with Gasteiger partial charge in [-0.15, -0.1) is 0 Å². The first-order valence-electron chi connectivity index (χ1n) is 7.18. The van der Waals surface area contributed by atoms with Crippen LogP contribution >= 0.6 is 0 Å². The maximum absolute atomic E-state index is 5.62. The van der Waals surface area contributed by atoms with Gasteiger partial charge in [0.25, 0.3) is 0 Å². The minimum absolute atomic E-state index is 0.691. The largest absolute Gasteiger partial charge is 0.396 e. The van der Waals surface area contributed by atoms with Gasteiger partial charge in [0.05, 0.1) is 5.71 Å². The molecule has 3 aliphatic rings. The fraction of sp³-hybridized carbons (Fsp3) is 0.929. The molecule has 3 atom stereocenters. The molecule has 0 radical (unpaired) electrons. The second kappa shape index (κ2) is 4.97. The van der Waals surface area contributed by atoms with E-state index >= 15 is 0 Å². The van der Waals surface area contributed by atoms with Crippen LogP contribution in [-0.4, -0.2) is 37.4 Å². The number of piperidine rings is 1. The van der Waals surface area contributed by atoms with Crippen LogP contribution in [0.15, 0.2) is 5.16 Å². The monoisotopic (exact) mass is 236 g/mol. The highest BCUT2D eigenvalue weighted by Gasteiger charge is 2.37. The third-order valence-corrected chi connectivity index (χ3v) is 4.72. The Balaban J connectivity index is 1.44. The molecular formula is C14H24N2O. The molecule has 17 heavy (non-hydrogen) atoms. The van der Waals surface area contributed by atoms with Gasteiger partial charge >= 0.3 is 0 Å². The first kappa shape index (κ1) is 11.5. The lowest BCUT2D eigenvalue weighted by Crippen LogP contribution is -2.34. The van der Waals surface area contributed by atoms with E-state index in [0.29, 0.717) is 5.92 Å². The number of hydrogen-bond acceptors (Lipinski definition) is 3. The molecule has 3 fully saturated rings. The molecule has 0 amide bonds. The molecule has 2 aliphatic carbocycles. The summed E-state index contributed by atoms with van der Waals surface area (Å²) in [5, 5.41) is 4.42. The topological polar surface area (TPSA) is 24.8 Å². The second-order valence-corrected chi connectivity index (χ2v) is 6.23. The van der Waals surface area contributed by atoms with E-state index < -0.39 is 0 Å². The molecule has 1 saturated heterocycles. The van der Waals surface area contributed by atoms with E-state index in [1.807, 2.05) is 0 Å². The quantitative estimate of drug-likeness (QED) is 0.703. The van der Waals surface area contributed by atoms with Crippen LogP contribution in [0, 0.1) is 17.8 Å². The summed E-state index contributed by atoms with van der Waals surface area (Å²) in [6.45, 7) is 3.25. The summed E-state index contributed by atoms with van der Waals surface area (Å²) in [6, 6.07) is 0. The number of nitrogens with zero attached hydrogens (tertiary/aromatic N) is 2. The van der Waals surface area contributed by atoms with Crippen LogP contribution in [-0.2, 0) is 4.84 Å². The Bertz CT molecular complexity index is 303. The van der Waals surface area contributed by atoms with Crippen LogP contribution in [0.25, 0.3) is 0 Å². The molecule has 3 rings (SSSR count). The maximum Gasteiger partial charge on any atom is 0.121 e. The van der Waals surface area contributed by atoms with Gasteiger partial charge in [0.2, 0.25) is 0 Å². The molecule has 0 spiro atoms. The Labute approximate surface area is 104 Å². The van der Waals surface area contributed by atoms with Crippen LogP contribution in [0.1, 0.15) is 38.5 Å². The van der Waals surface area contributed by atoms with Gasteiger partial charge < -0.3 is 9.74 Å². The van der Waals surface area contributed by atoms with Gasteiger partial charge in [0.15, 0.2) is 0 Å². The van der Waals surface area contributed by atoms with Gasteiger partial charge in [-0.25, -0.2) is 0 Å². The number of likely N-dealkylation sites (tertiary alicyclic amines) is 1. The van der Waals surface area contributed by atoms with Gasteiger partial charge in [-0.2, -0.15) is 0 Å². The first-order chi connectivity index (χ1) is 8.31. The predicted octanol–water partition coefficient (Wildman–Crippen LogP) is 2.52. The average Bonchev–Trinajstić information content (AvgIpc) is 2.91. The van der Waals surface area contributed by atoms with Gasteiger partial charge in [-0.3, -0.25) is 0 Å². The molecule has 3 heteroatoms. The molecule has 96 valence electrons. The molecule has 0 aromatic heterocycles. The molecule has 0 N–H and O–H groups in total. The zero-order valence-electron chi connectivity index (χ0n) is 10.9. The normalized spacial score (nSPS) is 40.1. The summed E-state index contributed by atoms with van der Waals surface area (Å²) in [5.41, 5.74) is 1.37. The number of oxime groups is 1. The highest BCUT2D eigenvalue weighted by molar-refractivity contribution is 5.89. The van der Waals surface area contributed by atoms with Gasteiger partial charge in [-0.1, -0.05) is 5.16 Å². The summed E-state index contributed by atoms with van der Waals surface area (Å²) >= 11 is 0. The fourth-order valence-corrected chi connectivity index (χ4v) is 3.77. The fourth-order valence-electron chi connectivity index (χ4n) is 3.77. The van der Waals surface area contributed by atoms with Crippen molar-refractivity contribution in [2.24, 2.45) is 22.9 Å². The van der Waals surface area contributed by atoms with Crippen molar-refractivity contribution in [3.8, 4) is 0 Å². The minimum atomic E-state index is 0.691. The molecule has 0 aromatic rings. The zero-order chi connectivity index (χ0) is 11.7. The molecule has 3 unspecified atom stereocenters. The van der Waals surface area contributed by atoms with E-state index in [0.717, 1.165) is 18.4 Å². The van der Waals surface area contributed by atoms with Crippen molar-refractivity contribution in [3.05, 3.63) is 0 Å². The van der Waals surface area contributed by atoms with Crippen molar-refractivity contribution in [2.75, 3.05) is 26.7 Å². The van der Waals surface area contributed by atoms with Crippen LogP contribution in [0.5, 0.6) is 0 Å². The van der Waals surface area contributed by atoms with Gasteiger partial charge in [0, 0.05) is 18.4 Å². The Hall–Kier alpha value is -0.570. The smallest absolute Gasteiger partial charge is 0.121 e. The molecule has 2 saturated carbocycles. The first-order valence-corrected chi connectivity index (χ1v) is 7.18. The molecular weight excluding hydrogens is 212 g/mol. The minimum Gasteiger partial charge on any atom is -0.396 e. The number of rotatable bonds is 3. The predicted molar refractivity (Wildman–Crippen MR) is 69.1 cm³/mol. The van der Waals surface area contributed by atoms with Gasteiger partial charge in [0.1, 0.15) is 6.61 Å². The molecule has 1 heterocycles. The summed E-state index contributed by atoms with van der Waals surface area (Å²) in [5.74, 6) is 2.40. The lowest BCUT2D eigenvalue weighted by atomic mass is 9.99. The standard InChI is InChI=1S/C14H24N2O/c1-16-6-2-3-12(9-16)10-17-15-14-8-11-4-5-13(14)7-11/h11-13H,2-10H2,1H3/b15-14+. The van der Waals surface area contributed by atoms with E-state index in [1.54, 1.807) is 0 Å². The summed E-state index contributed by atoms with van der Waals surface area (Å²) in [4.78, 5) is 8.02. The Morgan fingerprint density at radius 1 is 1.35 bits per heavy atom. The van der Waals surface area contributed by atoms with Crippen LogP contribution < -0.4 is 0 Å². The highest BCUT2D eigenvalue weighted by Crippen LogP contribution is 2.42. The molecule has 1 aliphatic heterocycles. The summed E-state index contributed by atoms with van der Waals surface area (Å²) in [7, 11) is 2.20. The molecule has 3 nitrogen and oxygen atoms in total. The highest BCUT2D eigenvalue weighted by atomic mass is 16.6. The van der Waals surface area contributed by atoms with Crippen molar-refractivity contribution in [1.82, 2.24) is 4.90 Å². The maximum atomic E-state index is 5.62. The molecule has 2 bridgehead atoms. The van der Waals surface area contributed by atoms with Crippen molar-refractivity contribution < 1.29 is 4.84 Å². The molecule has 0 aromatic carbocycles. The van der Waals surface area contributed by atoms with Crippen molar-refractivity contribution in [2.45, 2.75) is 38.5 Å². The Kier molecular flexibility index (Phi) is 3.37. The van der Waals surface area contributed by atoms with Crippen LogP contribution in [0.3, 0.4) is 0 Å². The average molecular weight is 236 g/mol. The van der Waals surface area contributed by atoms with E-state index in [9.17, 15) is 0 Å². The van der Waals surface area contributed by atoms with E-state index in [2.05, 4.69) is 17.1 Å². The van der Waals surface area contributed by atoms with Crippen molar-refractivity contribution >= 4 is 5.71 Å². The Morgan fingerprint density at radius 3 is 3.00 bits per heavy atom. The number of fused-ring (bicyclic) bond motifs is 2. The van der Waals surface area contributed by atoms with E-state index in [4.69, 9.17) is 4.84 Å². The lowest BCUT2D eigenvalue weighted by Gasteiger charge is -2.28. The van der Waals surface area contributed by atoms with Crippen LogP contribution in [0.2, 0.25) is 0 Å². The summed E-state index contributed by atoms with van der Waals surface area (Å²) < 4.78 is 0. The second-order valence-electron chi connectivity index (χ2n) is 6.23. The Morgan fingerprint density at radius 2 is 2.29 bits per heavy atom. The number of hydrogen-bond donors (Lipinski definition) is 0. The van der Waals surface area contributed by atoms with E-state index in [-0.39, 0.29) is 0 Å². The zero-order valence-corrected chi connectivity index (χ0v) is 10.9. The van der Waals surface area contributed by atoms with Crippen LogP contribution in [0.4, 0.5) is 0 Å². The third kappa shape index (κ3) is 2.65. The van der Waals surface area contributed by atoms with Crippen molar-refractivity contribution in [1.29, 1.82) is 0 Å². The van der Waals surface area contributed by atoms with Crippen molar-refractivity contribution in [3.63, 3.8) is 0 Å². The SMILES string of the molecule is CN1CCCC(CO/N=C2\CC3CCC2C3)C1.